The lowest BCUT2D eigenvalue weighted by Gasteiger charge is -2.17. The zero-order chi connectivity index (χ0) is 18.8. The number of imidazole rings is 1. The van der Waals surface area contributed by atoms with E-state index in [1.807, 2.05) is 34.9 Å². The summed E-state index contributed by atoms with van der Waals surface area (Å²) in [4.78, 5) is 4.21. The van der Waals surface area contributed by atoms with E-state index in [0.29, 0.717) is 29.7 Å². The first kappa shape index (κ1) is 17.5. The summed E-state index contributed by atoms with van der Waals surface area (Å²) in [7, 11) is 0. The van der Waals surface area contributed by atoms with Gasteiger partial charge < -0.3 is 19.9 Å². The van der Waals surface area contributed by atoms with Crippen molar-refractivity contribution in [2.24, 2.45) is 11.7 Å². The summed E-state index contributed by atoms with van der Waals surface area (Å²) in [6.45, 7) is 1.99. The van der Waals surface area contributed by atoms with Crippen molar-refractivity contribution in [2.75, 3.05) is 6.54 Å². The van der Waals surface area contributed by atoms with Crippen LogP contribution in [0.25, 0.3) is 11.3 Å². The fourth-order valence-electron chi connectivity index (χ4n) is 3.00. The molecular formula is C21H22N4O2. The molecule has 2 unspecified atom stereocenters. The molecule has 1 fully saturated rings. The highest BCUT2D eigenvalue weighted by Crippen LogP contribution is 2.28. The van der Waals surface area contributed by atoms with Crippen LogP contribution in [0.15, 0.2) is 47.2 Å². The molecule has 0 radical (unpaired) electrons. The second-order valence-corrected chi connectivity index (χ2v) is 6.86. The molecule has 27 heavy (non-hydrogen) atoms. The molecule has 1 aromatic carbocycles. The van der Waals surface area contributed by atoms with Crippen LogP contribution >= 0.6 is 0 Å². The van der Waals surface area contributed by atoms with Gasteiger partial charge >= 0.3 is 0 Å². The van der Waals surface area contributed by atoms with Gasteiger partial charge in [-0.2, -0.15) is 0 Å². The fraction of sp³-hybridized carbons (Fsp3) is 0.333. The number of hydrogen-bond donors (Lipinski definition) is 2. The van der Waals surface area contributed by atoms with Gasteiger partial charge in [0.1, 0.15) is 17.6 Å². The van der Waals surface area contributed by atoms with E-state index in [0.717, 1.165) is 11.1 Å². The Kier molecular flexibility index (Phi) is 4.80. The standard InChI is InChI=1S/C21H22N4O2/c1-14(26)21-23-10-11-25(21)19(13-22)18-12-20(27-24-18)17-8-6-16(7-9-17)5-4-15-2-3-15/h6-12,14-15,19,26H,2-3,13,22H2,1H3. The number of nitrogens with zero attached hydrogens (tertiary/aromatic N) is 3. The first-order chi connectivity index (χ1) is 13.2. The summed E-state index contributed by atoms with van der Waals surface area (Å²) >= 11 is 0. The number of hydrogen-bond acceptors (Lipinski definition) is 5. The van der Waals surface area contributed by atoms with Crippen molar-refractivity contribution >= 4 is 0 Å². The van der Waals surface area contributed by atoms with E-state index in [-0.39, 0.29) is 6.04 Å². The largest absolute Gasteiger partial charge is 0.385 e. The van der Waals surface area contributed by atoms with Gasteiger partial charge in [0.25, 0.3) is 0 Å². The zero-order valence-electron chi connectivity index (χ0n) is 15.2. The highest BCUT2D eigenvalue weighted by molar-refractivity contribution is 5.59. The number of aliphatic hydroxyl groups excluding tert-OH is 1. The van der Waals surface area contributed by atoms with Gasteiger partial charge in [0.15, 0.2) is 5.76 Å². The number of aliphatic hydroxyl groups is 1. The summed E-state index contributed by atoms with van der Waals surface area (Å²) in [5, 5.41) is 14.1. The summed E-state index contributed by atoms with van der Waals surface area (Å²) < 4.78 is 7.38. The molecule has 6 nitrogen and oxygen atoms in total. The van der Waals surface area contributed by atoms with Gasteiger partial charge in [-0.15, -0.1) is 0 Å². The average molecular weight is 362 g/mol. The Hall–Kier alpha value is -2.88. The van der Waals surface area contributed by atoms with Crippen LogP contribution in [0.4, 0.5) is 0 Å². The minimum atomic E-state index is -0.690. The third kappa shape index (κ3) is 3.80. The Labute approximate surface area is 158 Å². The first-order valence-corrected chi connectivity index (χ1v) is 9.15. The summed E-state index contributed by atoms with van der Waals surface area (Å²) in [5.74, 6) is 8.27. The Morgan fingerprint density at radius 2 is 2.11 bits per heavy atom. The van der Waals surface area contributed by atoms with Gasteiger partial charge in [-0.05, 0) is 44.0 Å². The highest BCUT2D eigenvalue weighted by atomic mass is 16.5. The van der Waals surface area contributed by atoms with Crippen LogP contribution < -0.4 is 5.73 Å². The van der Waals surface area contributed by atoms with Crippen LogP contribution in [0.3, 0.4) is 0 Å². The molecule has 4 rings (SSSR count). The van der Waals surface area contributed by atoms with Gasteiger partial charge in [0.05, 0.1) is 6.04 Å². The summed E-state index contributed by atoms with van der Waals surface area (Å²) in [6.07, 6.45) is 5.20. The lowest BCUT2D eigenvalue weighted by Crippen LogP contribution is -2.22. The maximum absolute atomic E-state index is 9.90. The fourth-order valence-corrected chi connectivity index (χ4v) is 3.00. The van der Waals surface area contributed by atoms with Gasteiger partial charge in [-0.25, -0.2) is 4.98 Å². The predicted octanol–water partition coefficient (Wildman–Crippen LogP) is 2.90. The molecule has 3 N–H and O–H groups in total. The smallest absolute Gasteiger partial charge is 0.167 e. The highest BCUT2D eigenvalue weighted by Gasteiger charge is 2.22. The van der Waals surface area contributed by atoms with Crippen LogP contribution in [-0.4, -0.2) is 26.4 Å². The van der Waals surface area contributed by atoms with Crippen LogP contribution in [0, 0.1) is 17.8 Å². The Bertz CT molecular complexity index is 972. The number of benzene rings is 1. The van der Waals surface area contributed by atoms with Gasteiger partial charge in [-0.3, -0.25) is 0 Å². The third-order valence-electron chi connectivity index (χ3n) is 4.67. The Balaban J connectivity index is 1.57. The molecule has 2 heterocycles. The number of aromatic nitrogens is 3. The molecule has 138 valence electrons. The second-order valence-electron chi connectivity index (χ2n) is 6.86. The van der Waals surface area contributed by atoms with E-state index >= 15 is 0 Å². The topological polar surface area (TPSA) is 90.1 Å². The minimum Gasteiger partial charge on any atom is -0.385 e. The van der Waals surface area contributed by atoms with Gasteiger partial charge in [0, 0.05) is 42.0 Å². The van der Waals surface area contributed by atoms with Crippen molar-refractivity contribution in [3.63, 3.8) is 0 Å². The van der Waals surface area contributed by atoms with Gasteiger partial charge in [-0.1, -0.05) is 17.0 Å². The third-order valence-corrected chi connectivity index (χ3v) is 4.67. The van der Waals surface area contributed by atoms with E-state index in [1.54, 1.807) is 19.3 Å². The van der Waals surface area contributed by atoms with E-state index in [2.05, 4.69) is 22.0 Å². The van der Waals surface area contributed by atoms with Crippen LogP contribution in [0.1, 0.15) is 49.0 Å². The average Bonchev–Trinajstić information content (AvgIpc) is 3.16. The van der Waals surface area contributed by atoms with E-state index in [9.17, 15) is 5.11 Å². The maximum atomic E-state index is 9.90. The second kappa shape index (κ2) is 7.39. The van der Waals surface area contributed by atoms with E-state index in [4.69, 9.17) is 10.3 Å². The lowest BCUT2D eigenvalue weighted by molar-refractivity contribution is 0.182. The lowest BCUT2D eigenvalue weighted by atomic mass is 10.1. The molecule has 1 aliphatic carbocycles. The maximum Gasteiger partial charge on any atom is 0.167 e. The van der Waals surface area contributed by atoms with Crippen molar-refractivity contribution in [3.05, 3.63) is 59.8 Å². The molecule has 0 bridgehead atoms. The molecule has 1 aliphatic rings. The van der Waals surface area contributed by atoms with Crippen LogP contribution in [0.2, 0.25) is 0 Å². The quantitative estimate of drug-likeness (QED) is 0.681. The molecule has 2 aromatic heterocycles. The molecule has 6 heteroatoms. The Morgan fingerprint density at radius 1 is 1.33 bits per heavy atom. The molecule has 0 saturated heterocycles. The zero-order valence-corrected chi connectivity index (χ0v) is 15.2. The monoisotopic (exact) mass is 362 g/mol. The number of nitrogens with two attached hydrogens (primary N) is 1. The molecule has 3 aromatic rings. The van der Waals surface area contributed by atoms with Crippen molar-refractivity contribution in [2.45, 2.75) is 31.9 Å². The SMILES string of the molecule is CC(O)c1nccn1C(CN)c1cc(-c2ccc(C#CC3CC3)cc2)on1. The molecule has 2 atom stereocenters. The van der Waals surface area contributed by atoms with Crippen molar-refractivity contribution in [1.29, 1.82) is 0 Å². The molecule has 1 saturated carbocycles. The summed E-state index contributed by atoms with van der Waals surface area (Å²) in [6, 6.07) is 9.59. The molecule has 0 aliphatic heterocycles. The van der Waals surface area contributed by atoms with E-state index < -0.39 is 6.10 Å². The molecule has 0 spiro atoms. The normalized spacial score (nSPS) is 15.8. The van der Waals surface area contributed by atoms with Gasteiger partial charge in [0.2, 0.25) is 0 Å². The first-order valence-electron chi connectivity index (χ1n) is 9.15. The number of rotatable bonds is 5. The molecular weight excluding hydrogens is 340 g/mol. The minimum absolute atomic E-state index is 0.252. The van der Waals surface area contributed by atoms with E-state index in [1.165, 1.54) is 12.8 Å². The Morgan fingerprint density at radius 3 is 2.78 bits per heavy atom. The molecule has 0 amide bonds. The van der Waals surface area contributed by atoms with Crippen LogP contribution in [0.5, 0.6) is 0 Å². The summed E-state index contributed by atoms with van der Waals surface area (Å²) in [5.41, 5.74) is 8.61. The van der Waals surface area contributed by atoms with Crippen molar-refractivity contribution in [3.8, 4) is 23.2 Å². The predicted molar refractivity (Wildman–Crippen MR) is 102 cm³/mol. The van der Waals surface area contributed by atoms with Crippen molar-refractivity contribution in [1.82, 2.24) is 14.7 Å². The van der Waals surface area contributed by atoms with Crippen molar-refractivity contribution < 1.29 is 9.63 Å². The van der Waals surface area contributed by atoms with Crippen LogP contribution in [-0.2, 0) is 0 Å².